The van der Waals surface area contributed by atoms with Crippen molar-refractivity contribution in [2.75, 3.05) is 6.61 Å². The van der Waals surface area contributed by atoms with E-state index in [1.807, 2.05) is 13.8 Å². The molecule has 0 fully saturated rings. The lowest BCUT2D eigenvalue weighted by molar-refractivity contribution is -0.123. The first-order valence-electron chi connectivity index (χ1n) is 5.19. The molecule has 0 radical (unpaired) electrons. The summed E-state index contributed by atoms with van der Waals surface area (Å²) in [5, 5.41) is 6.17. The first kappa shape index (κ1) is 12.9. The number of carbonyl (C=O) groups excluding carboxylic acids is 1. The van der Waals surface area contributed by atoms with Crippen LogP contribution in [-0.4, -0.2) is 18.6 Å². The topological polar surface area (TPSA) is 87.1 Å². The lowest BCUT2D eigenvalue weighted by Gasteiger charge is -2.10. The predicted octanol–water partition coefficient (Wildman–Crippen LogP) is 2.53. The van der Waals surface area contributed by atoms with E-state index in [2.05, 4.69) is 15.3 Å². The summed E-state index contributed by atoms with van der Waals surface area (Å²) < 4.78 is 5.28. The van der Waals surface area contributed by atoms with E-state index in [9.17, 15) is 4.79 Å². The first-order valence-corrected chi connectivity index (χ1v) is 5.19. The highest BCUT2D eigenvalue weighted by Crippen LogP contribution is 2.26. The van der Waals surface area contributed by atoms with E-state index in [4.69, 9.17) is 10.3 Å². The van der Waals surface area contributed by atoms with Gasteiger partial charge in [0.25, 0.3) is 5.91 Å². The molecule has 1 N–H and O–H groups in total. The molecule has 17 heavy (non-hydrogen) atoms. The Morgan fingerprint density at radius 3 is 2.88 bits per heavy atom. The summed E-state index contributed by atoms with van der Waals surface area (Å²) in [6.45, 7) is 3.63. The van der Waals surface area contributed by atoms with Gasteiger partial charge >= 0.3 is 0 Å². The van der Waals surface area contributed by atoms with Crippen LogP contribution in [0.1, 0.15) is 13.8 Å². The van der Waals surface area contributed by atoms with E-state index in [0.29, 0.717) is 11.4 Å². The fraction of sp³-hybridized carbons (Fsp3) is 0.364. The average Bonchev–Trinajstić information content (AvgIpc) is 2.27. The molecule has 6 nitrogen and oxygen atoms in total. The van der Waals surface area contributed by atoms with Crippen LogP contribution in [0.15, 0.2) is 29.4 Å². The minimum Gasteiger partial charge on any atom is -0.483 e. The molecule has 1 aromatic carbocycles. The van der Waals surface area contributed by atoms with Gasteiger partial charge in [-0.05, 0) is 31.5 Å². The van der Waals surface area contributed by atoms with Gasteiger partial charge < -0.3 is 10.1 Å². The van der Waals surface area contributed by atoms with Crippen LogP contribution in [0.4, 0.5) is 5.69 Å². The zero-order chi connectivity index (χ0) is 12.7. The summed E-state index contributed by atoms with van der Waals surface area (Å²) in [4.78, 5) is 14.0. The Labute approximate surface area is 99.2 Å². The molecule has 1 aromatic rings. The van der Waals surface area contributed by atoms with Gasteiger partial charge in [-0.2, -0.15) is 0 Å². The van der Waals surface area contributed by atoms with Gasteiger partial charge in [0.1, 0.15) is 5.75 Å². The molecule has 0 aliphatic heterocycles. The second-order valence-corrected chi connectivity index (χ2v) is 3.67. The lowest BCUT2D eigenvalue weighted by Crippen LogP contribution is -2.34. The highest BCUT2D eigenvalue weighted by atomic mass is 16.5. The second kappa shape index (κ2) is 6.40. The molecule has 1 rings (SSSR count). The standard InChI is InChI=1S/C11H14N4O2/c1-8(2)13-11(16)7-17-10-6-4-3-5-9(10)14-15-12/h3-6,8H,7H2,1-2H3,(H,13,16). The van der Waals surface area contributed by atoms with Gasteiger partial charge in [0.15, 0.2) is 6.61 Å². The fourth-order valence-electron chi connectivity index (χ4n) is 1.22. The number of nitrogens with zero attached hydrogens (tertiary/aromatic N) is 3. The van der Waals surface area contributed by atoms with E-state index in [0.717, 1.165) is 0 Å². The third-order valence-electron chi connectivity index (χ3n) is 1.83. The zero-order valence-electron chi connectivity index (χ0n) is 9.75. The highest BCUT2D eigenvalue weighted by Gasteiger charge is 2.06. The van der Waals surface area contributed by atoms with Crippen molar-refractivity contribution in [1.82, 2.24) is 5.32 Å². The Kier molecular flexibility index (Phi) is 4.84. The van der Waals surface area contributed by atoms with Crippen LogP contribution in [0.25, 0.3) is 10.4 Å². The maximum absolute atomic E-state index is 11.4. The summed E-state index contributed by atoms with van der Waals surface area (Å²) in [7, 11) is 0. The summed E-state index contributed by atoms with van der Waals surface area (Å²) in [6, 6.07) is 6.80. The molecule has 0 aliphatic rings. The molecular formula is C11H14N4O2. The van der Waals surface area contributed by atoms with Crippen LogP contribution in [0.5, 0.6) is 5.75 Å². The van der Waals surface area contributed by atoms with E-state index in [-0.39, 0.29) is 18.6 Å². The number of hydrogen-bond donors (Lipinski definition) is 1. The van der Waals surface area contributed by atoms with Crippen molar-refractivity contribution >= 4 is 11.6 Å². The number of ether oxygens (including phenoxy) is 1. The number of hydrogen-bond acceptors (Lipinski definition) is 3. The summed E-state index contributed by atoms with van der Waals surface area (Å²) in [6.07, 6.45) is 0. The zero-order valence-corrected chi connectivity index (χ0v) is 9.75. The number of para-hydroxylation sites is 1. The number of benzene rings is 1. The molecular weight excluding hydrogens is 220 g/mol. The second-order valence-electron chi connectivity index (χ2n) is 3.67. The molecule has 0 heterocycles. The van der Waals surface area contributed by atoms with Gasteiger partial charge in [-0.1, -0.05) is 17.2 Å². The largest absolute Gasteiger partial charge is 0.483 e. The SMILES string of the molecule is CC(C)NC(=O)COc1ccccc1N=[N+]=[N-]. The normalized spacial score (nSPS) is 9.59. The molecule has 0 unspecified atom stereocenters. The lowest BCUT2D eigenvalue weighted by atomic mass is 10.3. The van der Waals surface area contributed by atoms with Crippen LogP contribution in [0.3, 0.4) is 0 Å². The van der Waals surface area contributed by atoms with Crippen LogP contribution in [0, 0.1) is 0 Å². The predicted molar refractivity (Wildman–Crippen MR) is 64.0 cm³/mol. The molecule has 1 amide bonds. The molecule has 0 spiro atoms. The Morgan fingerprint density at radius 1 is 1.53 bits per heavy atom. The van der Waals surface area contributed by atoms with Crippen molar-refractivity contribution < 1.29 is 9.53 Å². The molecule has 0 saturated carbocycles. The van der Waals surface area contributed by atoms with Crippen molar-refractivity contribution in [1.29, 1.82) is 0 Å². The number of carbonyl (C=O) groups is 1. The minimum absolute atomic E-state index is 0.0680. The van der Waals surface area contributed by atoms with Crippen molar-refractivity contribution in [2.45, 2.75) is 19.9 Å². The smallest absolute Gasteiger partial charge is 0.258 e. The first-order chi connectivity index (χ1) is 8.13. The Balaban J connectivity index is 2.63. The number of nitrogens with one attached hydrogen (secondary N) is 1. The minimum atomic E-state index is -0.212. The third kappa shape index (κ3) is 4.44. The molecule has 0 aliphatic carbocycles. The van der Waals surface area contributed by atoms with Gasteiger partial charge in [-0.15, -0.1) is 0 Å². The van der Waals surface area contributed by atoms with E-state index < -0.39 is 0 Å². The third-order valence-corrected chi connectivity index (χ3v) is 1.83. The Bertz CT molecular complexity index is 439. The van der Waals surface area contributed by atoms with Crippen molar-refractivity contribution in [3.8, 4) is 5.75 Å². The average molecular weight is 234 g/mol. The van der Waals surface area contributed by atoms with E-state index >= 15 is 0 Å². The van der Waals surface area contributed by atoms with Gasteiger partial charge in [0.05, 0.1) is 5.69 Å². The van der Waals surface area contributed by atoms with Crippen LogP contribution in [0.2, 0.25) is 0 Å². The number of rotatable bonds is 5. The molecule has 0 aromatic heterocycles. The highest BCUT2D eigenvalue weighted by molar-refractivity contribution is 5.77. The van der Waals surface area contributed by atoms with E-state index in [1.165, 1.54) is 0 Å². The van der Waals surface area contributed by atoms with Crippen LogP contribution < -0.4 is 10.1 Å². The van der Waals surface area contributed by atoms with Gasteiger partial charge in [-0.3, -0.25) is 4.79 Å². The molecule has 0 bridgehead atoms. The Hall–Kier alpha value is -2.20. The maximum atomic E-state index is 11.4. The molecule has 90 valence electrons. The maximum Gasteiger partial charge on any atom is 0.258 e. The van der Waals surface area contributed by atoms with Crippen LogP contribution in [-0.2, 0) is 4.79 Å². The fourth-order valence-corrected chi connectivity index (χ4v) is 1.22. The Morgan fingerprint density at radius 2 is 2.24 bits per heavy atom. The van der Waals surface area contributed by atoms with Crippen molar-refractivity contribution in [3.63, 3.8) is 0 Å². The van der Waals surface area contributed by atoms with Crippen molar-refractivity contribution in [3.05, 3.63) is 34.7 Å². The molecule has 0 atom stereocenters. The summed E-state index contributed by atoms with van der Waals surface area (Å²) in [5.41, 5.74) is 8.73. The quantitative estimate of drug-likeness (QED) is 0.482. The molecule has 0 saturated heterocycles. The monoisotopic (exact) mass is 234 g/mol. The van der Waals surface area contributed by atoms with Crippen molar-refractivity contribution in [2.24, 2.45) is 5.11 Å². The van der Waals surface area contributed by atoms with Gasteiger partial charge in [0.2, 0.25) is 0 Å². The molecule has 6 heteroatoms. The van der Waals surface area contributed by atoms with Gasteiger partial charge in [-0.25, -0.2) is 0 Å². The van der Waals surface area contributed by atoms with Gasteiger partial charge in [0, 0.05) is 11.0 Å². The summed E-state index contributed by atoms with van der Waals surface area (Å²) >= 11 is 0. The van der Waals surface area contributed by atoms with Crippen LogP contribution >= 0.6 is 0 Å². The number of azide groups is 1. The van der Waals surface area contributed by atoms with E-state index in [1.54, 1.807) is 24.3 Å². The number of amides is 1. The summed E-state index contributed by atoms with van der Waals surface area (Å²) in [5.74, 6) is 0.181.